The second-order valence-corrected chi connectivity index (χ2v) is 5.74. The molecule has 1 amide bonds. The number of rotatable bonds is 5. The van der Waals surface area contributed by atoms with E-state index in [4.69, 9.17) is 11.6 Å². The number of aliphatic hydroxyl groups excluding tert-OH is 1. The smallest absolute Gasteiger partial charge is 0.254 e. The largest absolute Gasteiger partial charge is 0.388 e. The Kier molecular flexibility index (Phi) is 5.69. The van der Waals surface area contributed by atoms with Crippen LogP contribution in [-0.4, -0.2) is 17.1 Å². The molecule has 0 heterocycles. The molecule has 0 saturated carbocycles. The zero-order valence-electron chi connectivity index (χ0n) is 12.4. The molecule has 23 heavy (non-hydrogen) atoms. The van der Waals surface area contributed by atoms with Crippen molar-refractivity contribution < 1.29 is 18.7 Å². The highest BCUT2D eigenvalue weighted by molar-refractivity contribution is 6.31. The van der Waals surface area contributed by atoms with Crippen molar-refractivity contribution in [3.63, 3.8) is 0 Å². The van der Waals surface area contributed by atoms with Gasteiger partial charge in [-0.2, -0.15) is 0 Å². The maximum absolute atomic E-state index is 13.6. The summed E-state index contributed by atoms with van der Waals surface area (Å²) in [5, 5.41) is 13.0. The van der Waals surface area contributed by atoms with Gasteiger partial charge in [0.2, 0.25) is 0 Å². The fourth-order valence-corrected chi connectivity index (χ4v) is 2.36. The third-order valence-corrected chi connectivity index (χ3v) is 3.62. The van der Waals surface area contributed by atoms with E-state index in [1.807, 2.05) is 0 Å². The molecule has 0 saturated heterocycles. The molecule has 3 nitrogen and oxygen atoms in total. The molecule has 0 fully saturated rings. The Balaban J connectivity index is 1.98. The van der Waals surface area contributed by atoms with Gasteiger partial charge in [-0.1, -0.05) is 23.7 Å². The zero-order chi connectivity index (χ0) is 17.0. The SMILES string of the molecule is CC(CC(O)c1ccc(F)cc1)NC(=O)c1cc(Cl)ccc1F. The molecule has 0 spiro atoms. The van der Waals surface area contributed by atoms with Crippen LogP contribution in [-0.2, 0) is 0 Å². The lowest BCUT2D eigenvalue weighted by Crippen LogP contribution is -2.34. The van der Waals surface area contributed by atoms with Crippen molar-refractivity contribution in [2.45, 2.75) is 25.5 Å². The van der Waals surface area contributed by atoms with Gasteiger partial charge in [-0.15, -0.1) is 0 Å². The summed E-state index contributed by atoms with van der Waals surface area (Å²) in [6, 6.07) is 8.77. The molecule has 0 bridgehead atoms. The first kappa shape index (κ1) is 17.4. The Hall–Kier alpha value is -1.98. The van der Waals surface area contributed by atoms with E-state index in [9.17, 15) is 18.7 Å². The number of halogens is 3. The first-order valence-corrected chi connectivity index (χ1v) is 7.44. The summed E-state index contributed by atoms with van der Waals surface area (Å²) in [5.74, 6) is -1.67. The molecule has 0 aliphatic heterocycles. The van der Waals surface area contributed by atoms with E-state index in [2.05, 4.69) is 5.32 Å². The third-order valence-electron chi connectivity index (χ3n) is 3.38. The lowest BCUT2D eigenvalue weighted by Gasteiger charge is -2.18. The van der Waals surface area contributed by atoms with E-state index in [-0.39, 0.29) is 17.0 Å². The number of hydrogen-bond donors (Lipinski definition) is 2. The van der Waals surface area contributed by atoms with Crippen molar-refractivity contribution in [1.82, 2.24) is 5.32 Å². The summed E-state index contributed by atoms with van der Waals surface area (Å²) in [4.78, 5) is 12.0. The van der Waals surface area contributed by atoms with Crippen LogP contribution in [0.4, 0.5) is 8.78 Å². The van der Waals surface area contributed by atoms with Gasteiger partial charge in [-0.3, -0.25) is 4.79 Å². The van der Waals surface area contributed by atoms with Gasteiger partial charge in [0.05, 0.1) is 11.7 Å². The topological polar surface area (TPSA) is 49.3 Å². The van der Waals surface area contributed by atoms with Crippen LogP contribution < -0.4 is 5.32 Å². The van der Waals surface area contributed by atoms with Gasteiger partial charge in [-0.25, -0.2) is 8.78 Å². The standard InChI is InChI=1S/C17H16ClF2NO2/c1-10(8-16(22)11-2-5-13(19)6-3-11)21-17(23)14-9-12(18)4-7-15(14)20/h2-7,9-10,16,22H,8H2,1H3,(H,21,23). The molecule has 2 rings (SSSR count). The first-order chi connectivity index (χ1) is 10.9. The second-order valence-electron chi connectivity index (χ2n) is 5.30. The quantitative estimate of drug-likeness (QED) is 0.869. The molecule has 122 valence electrons. The average Bonchev–Trinajstić information content (AvgIpc) is 2.50. The van der Waals surface area contributed by atoms with Crippen molar-refractivity contribution in [1.29, 1.82) is 0 Å². The highest BCUT2D eigenvalue weighted by atomic mass is 35.5. The molecule has 0 aromatic heterocycles. The van der Waals surface area contributed by atoms with Crippen LogP contribution in [0.3, 0.4) is 0 Å². The summed E-state index contributed by atoms with van der Waals surface area (Å²) >= 11 is 5.76. The van der Waals surface area contributed by atoms with Crippen LogP contribution in [0.1, 0.15) is 35.4 Å². The minimum absolute atomic E-state index is 0.152. The Morgan fingerprint density at radius 3 is 2.52 bits per heavy atom. The molecular weight excluding hydrogens is 324 g/mol. The van der Waals surface area contributed by atoms with E-state index >= 15 is 0 Å². The van der Waals surface area contributed by atoms with E-state index in [0.29, 0.717) is 5.56 Å². The van der Waals surface area contributed by atoms with Crippen molar-refractivity contribution in [2.24, 2.45) is 0 Å². The lowest BCUT2D eigenvalue weighted by atomic mass is 10.0. The van der Waals surface area contributed by atoms with Crippen LogP contribution in [0, 0.1) is 11.6 Å². The Labute approximate surface area is 137 Å². The fourth-order valence-electron chi connectivity index (χ4n) is 2.19. The van der Waals surface area contributed by atoms with Gasteiger partial charge in [-0.05, 0) is 49.2 Å². The summed E-state index contributed by atoms with van der Waals surface area (Å²) in [7, 11) is 0. The minimum Gasteiger partial charge on any atom is -0.388 e. The Bertz CT molecular complexity index is 691. The van der Waals surface area contributed by atoms with E-state index < -0.39 is 29.7 Å². The van der Waals surface area contributed by atoms with Crippen LogP contribution in [0.25, 0.3) is 0 Å². The number of hydrogen-bond acceptors (Lipinski definition) is 2. The van der Waals surface area contributed by atoms with Crippen molar-refractivity contribution in [3.8, 4) is 0 Å². The van der Waals surface area contributed by atoms with Gasteiger partial charge in [0, 0.05) is 11.1 Å². The Morgan fingerprint density at radius 1 is 1.22 bits per heavy atom. The molecule has 6 heteroatoms. The number of nitrogens with one attached hydrogen (secondary N) is 1. The molecule has 2 atom stereocenters. The second kappa shape index (κ2) is 7.53. The predicted octanol–water partition coefficient (Wildman–Crippen LogP) is 3.86. The van der Waals surface area contributed by atoms with Crippen molar-refractivity contribution >= 4 is 17.5 Å². The van der Waals surface area contributed by atoms with E-state index in [0.717, 1.165) is 6.07 Å². The monoisotopic (exact) mass is 339 g/mol. The van der Waals surface area contributed by atoms with Gasteiger partial charge < -0.3 is 10.4 Å². The molecule has 2 N–H and O–H groups in total. The number of carbonyl (C=O) groups is 1. The normalized spacial score (nSPS) is 13.4. The molecule has 2 aromatic rings. The number of amides is 1. The van der Waals surface area contributed by atoms with Crippen LogP contribution in [0.15, 0.2) is 42.5 Å². The van der Waals surface area contributed by atoms with E-state index in [1.54, 1.807) is 6.92 Å². The molecule has 0 aliphatic rings. The summed E-state index contributed by atoms with van der Waals surface area (Å²) in [6.07, 6.45) is -0.658. The number of benzene rings is 2. The zero-order valence-corrected chi connectivity index (χ0v) is 13.1. The van der Waals surface area contributed by atoms with Crippen LogP contribution in [0.2, 0.25) is 5.02 Å². The summed E-state index contributed by atoms with van der Waals surface area (Å²) < 4.78 is 26.5. The van der Waals surface area contributed by atoms with Crippen molar-refractivity contribution in [2.75, 3.05) is 0 Å². The highest BCUT2D eigenvalue weighted by Gasteiger charge is 2.18. The third kappa shape index (κ3) is 4.74. The summed E-state index contributed by atoms with van der Waals surface area (Å²) in [5.41, 5.74) is 0.391. The Morgan fingerprint density at radius 2 is 1.87 bits per heavy atom. The average molecular weight is 340 g/mol. The molecular formula is C17H16ClF2NO2. The maximum Gasteiger partial charge on any atom is 0.254 e. The van der Waals surface area contributed by atoms with Gasteiger partial charge in [0.1, 0.15) is 11.6 Å². The molecule has 0 aliphatic carbocycles. The maximum atomic E-state index is 13.6. The van der Waals surface area contributed by atoms with Crippen LogP contribution in [0.5, 0.6) is 0 Å². The summed E-state index contributed by atoms with van der Waals surface area (Å²) in [6.45, 7) is 1.69. The lowest BCUT2D eigenvalue weighted by molar-refractivity contribution is 0.0913. The minimum atomic E-state index is -0.866. The van der Waals surface area contributed by atoms with Crippen LogP contribution >= 0.6 is 11.6 Å². The molecule has 2 unspecified atom stereocenters. The highest BCUT2D eigenvalue weighted by Crippen LogP contribution is 2.19. The predicted molar refractivity (Wildman–Crippen MR) is 84.3 cm³/mol. The number of carbonyl (C=O) groups excluding carboxylic acids is 1. The molecule has 0 radical (unpaired) electrons. The van der Waals surface area contributed by atoms with Crippen molar-refractivity contribution in [3.05, 3.63) is 70.2 Å². The fraction of sp³-hybridized carbons (Fsp3) is 0.235. The van der Waals surface area contributed by atoms with E-state index in [1.165, 1.54) is 36.4 Å². The first-order valence-electron chi connectivity index (χ1n) is 7.06. The van der Waals surface area contributed by atoms with Gasteiger partial charge >= 0.3 is 0 Å². The number of aliphatic hydroxyl groups is 1. The van der Waals surface area contributed by atoms with Gasteiger partial charge in [0.15, 0.2) is 0 Å². The molecule has 2 aromatic carbocycles. The van der Waals surface area contributed by atoms with Gasteiger partial charge in [0.25, 0.3) is 5.91 Å².